The topological polar surface area (TPSA) is 73.6 Å². The molecule has 116 valence electrons. The Morgan fingerprint density at radius 1 is 1.14 bits per heavy atom. The van der Waals surface area contributed by atoms with Crippen LogP contribution in [0.2, 0.25) is 0 Å². The monoisotopic (exact) mass is 300 g/mol. The number of hydrogen-bond acceptors (Lipinski definition) is 4. The minimum atomic E-state index is -0.260. The largest absolute Gasteiger partial charge is 0.495 e. The minimum absolute atomic E-state index is 0.0955. The summed E-state index contributed by atoms with van der Waals surface area (Å²) in [6.07, 6.45) is 0. The maximum Gasteiger partial charge on any atom is 0.262 e. The van der Waals surface area contributed by atoms with Crippen molar-refractivity contribution in [2.24, 2.45) is 5.73 Å². The summed E-state index contributed by atoms with van der Waals surface area (Å²) < 4.78 is 10.8. The van der Waals surface area contributed by atoms with Crippen molar-refractivity contribution in [1.29, 1.82) is 0 Å². The Morgan fingerprint density at radius 2 is 1.77 bits per heavy atom. The molecule has 1 unspecified atom stereocenters. The third-order valence-electron chi connectivity index (χ3n) is 3.15. The van der Waals surface area contributed by atoms with Gasteiger partial charge in [-0.3, -0.25) is 4.79 Å². The molecule has 2 aromatic rings. The van der Waals surface area contributed by atoms with Crippen LogP contribution in [0.4, 0.5) is 5.69 Å². The first-order valence-electron chi connectivity index (χ1n) is 7.02. The van der Waals surface area contributed by atoms with Gasteiger partial charge >= 0.3 is 0 Å². The Hall–Kier alpha value is -2.53. The molecule has 0 aliphatic heterocycles. The lowest BCUT2D eigenvalue weighted by atomic mass is 10.1. The number of hydrogen-bond donors (Lipinski definition) is 2. The van der Waals surface area contributed by atoms with Crippen LogP contribution in [-0.4, -0.2) is 19.6 Å². The second-order valence-electron chi connectivity index (χ2n) is 4.86. The summed E-state index contributed by atoms with van der Waals surface area (Å²) in [6, 6.07) is 14.5. The van der Waals surface area contributed by atoms with Crippen LogP contribution < -0.4 is 20.5 Å². The van der Waals surface area contributed by atoms with E-state index in [1.54, 1.807) is 25.3 Å². The Morgan fingerprint density at radius 3 is 2.45 bits per heavy atom. The van der Waals surface area contributed by atoms with Crippen molar-refractivity contribution < 1.29 is 14.3 Å². The van der Waals surface area contributed by atoms with Gasteiger partial charge in [0.15, 0.2) is 6.61 Å². The summed E-state index contributed by atoms with van der Waals surface area (Å²) in [6.45, 7) is 1.78. The standard InChI is InChI=1S/C17H20N2O3/c1-12(18)13-7-3-5-9-15(13)22-11-17(20)19-14-8-4-6-10-16(14)21-2/h3-10,12H,11,18H2,1-2H3,(H,19,20). The molecule has 0 aliphatic carbocycles. The SMILES string of the molecule is COc1ccccc1NC(=O)COc1ccccc1C(C)N. The van der Waals surface area contributed by atoms with E-state index in [0.29, 0.717) is 17.2 Å². The van der Waals surface area contributed by atoms with E-state index in [-0.39, 0.29) is 18.6 Å². The number of amides is 1. The van der Waals surface area contributed by atoms with E-state index in [0.717, 1.165) is 5.56 Å². The maximum absolute atomic E-state index is 12.0. The van der Waals surface area contributed by atoms with Crippen molar-refractivity contribution in [3.63, 3.8) is 0 Å². The van der Waals surface area contributed by atoms with Crippen LogP contribution in [0.1, 0.15) is 18.5 Å². The van der Waals surface area contributed by atoms with Crippen molar-refractivity contribution in [1.82, 2.24) is 0 Å². The number of benzene rings is 2. The average Bonchev–Trinajstić information content (AvgIpc) is 2.53. The molecule has 2 aromatic carbocycles. The normalized spacial score (nSPS) is 11.6. The van der Waals surface area contributed by atoms with Gasteiger partial charge in [-0.05, 0) is 25.1 Å². The Balaban J connectivity index is 1.99. The van der Waals surface area contributed by atoms with Crippen molar-refractivity contribution in [2.75, 3.05) is 19.0 Å². The maximum atomic E-state index is 12.0. The van der Waals surface area contributed by atoms with E-state index in [9.17, 15) is 4.79 Å². The zero-order valence-corrected chi connectivity index (χ0v) is 12.7. The number of nitrogens with one attached hydrogen (secondary N) is 1. The van der Waals surface area contributed by atoms with Crippen LogP contribution in [0.5, 0.6) is 11.5 Å². The molecule has 3 N–H and O–H groups in total. The molecule has 5 nitrogen and oxygen atoms in total. The van der Waals surface area contributed by atoms with Crippen LogP contribution in [0, 0.1) is 0 Å². The smallest absolute Gasteiger partial charge is 0.262 e. The van der Waals surface area contributed by atoms with Gasteiger partial charge in [0.25, 0.3) is 5.91 Å². The highest BCUT2D eigenvalue weighted by molar-refractivity contribution is 5.93. The summed E-state index contributed by atoms with van der Waals surface area (Å²) in [5.41, 5.74) is 7.36. The summed E-state index contributed by atoms with van der Waals surface area (Å²) >= 11 is 0. The van der Waals surface area contributed by atoms with Gasteiger partial charge in [-0.2, -0.15) is 0 Å². The first-order valence-corrected chi connectivity index (χ1v) is 7.02. The van der Waals surface area contributed by atoms with Gasteiger partial charge in [0.2, 0.25) is 0 Å². The number of anilines is 1. The highest BCUT2D eigenvalue weighted by Crippen LogP contribution is 2.24. The number of nitrogens with two attached hydrogens (primary N) is 1. The molecule has 0 radical (unpaired) electrons. The molecule has 5 heteroatoms. The predicted molar refractivity (Wildman–Crippen MR) is 86.2 cm³/mol. The summed E-state index contributed by atoms with van der Waals surface area (Å²) in [5.74, 6) is 0.962. The van der Waals surface area contributed by atoms with Crippen LogP contribution in [0.25, 0.3) is 0 Å². The Kier molecular flexibility index (Phi) is 5.38. The summed E-state index contributed by atoms with van der Waals surface area (Å²) in [7, 11) is 1.56. The van der Waals surface area contributed by atoms with Crippen LogP contribution in [0.3, 0.4) is 0 Å². The van der Waals surface area contributed by atoms with Gasteiger partial charge in [-0.1, -0.05) is 30.3 Å². The molecular weight excluding hydrogens is 280 g/mol. The van der Waals surface area contributed by atoms with E-state index in [4.69, 9.17) is 15.2 Å². The van der Waals surface area contributed by atoms with Crippen LogP contribution >= 0.6 is 0 Å². The quantitative estimate of drug-likeness (QED) is 0.860. The number of carbonyl (C=O) groups is 1. The van der Waals surface area contributed by atoms with Crippen LogP contribution in [-0.2, 0) is 4.79 Å². The number of ether oxygens (including phenoxy) is 2. The molecule has 0 aromatic heterocycles. The highest BCUT2D eigenvalue weighted by Gasteiger charge is 2.11. The van der Waals surface area contributed by atoms with Gasteiger partial charge in [0, 0.05) is 11.6 Å². The van der Waals surface area contributed by atoms with Crippen molar-refractivity contribution >= 4 is 11.6 Å². The van der Waals surface area contributed by atoms with Gasteiger partial charge in [-0.25, -0.2) is 0 Å². The third-order valence-corrected chi connectivity index (χ3v) is 3.15. The molecule has 0 saturated carbocycles. The summed E-state index contributed by atoms with van der Waals surface area (Å²) in [5, 5.41) is 2.76. The van der Waals surface area contributed by atoms with Gasteiger partial charge in [0.05, 0.1) is 12.8 Å². The fourth-order valence-electron chi connectivity index (χ4n) is 2.07. The Labute approximate surface area is 130 Å². The molecule has 2 rings (SSSR count). The minimum Gasteiger partial charge on any atom is -0.495 e. The number of carbonyl (C=O) groups excluding carboxylic acids is 1. The van der Waals surface area contributed by atoms with E-state index in [1.807, 2.05) is 37.3 Å². The molecule has 0 bridgehead atoms. The second kappa shape index (κ2) is 7.47. The molecule has 22 heavy (non-hydrogen) atoms. The zero-order chi connectivity index (χ0) is 15.9. The Bertz CT molecular complexity index is 641. The van der Waals surface area contributed by atoms with Crippen LogP contribution in [0.15, 0.2) is 48.5 Å². The third kappa shape index (κ3) is 3.99. The molecule has 0 fully saturated rings. The first kappa shape index (κ1) is 15.9. The molecule has 0 aliphatic rings. The van der Waals surface area contributed by atoms with Crippen molar-refractivity contribution in [3.05, 3.63) is 54.1 Å². The molecular formula is C17H20N2O3. The summed E-state index contributed by atoms with van der Waals surface area (Å²) in [4.78, 5) is 12.0. The van der Waals surface area contributed by atoms with Crippen molar-refractivity contribution in [3.8, 4) is 11.5 Å². The lowest BCUT2D eigenvalue weighted by Crippen LogP contribution is -2.21. The average molecular weight is 300 g/mol. The molecule has 0 spiro atoms. The fraction of sp³-hybridized carbons (Fsp3) is 0.235. The van der Waals surface area contributed by atoms with E-state index < -0.39 is 0 Å². The van der Waals surface area contributed by atoms with E-state index in [2.05, 4.69) is 5.32 Å². The first-order chi connectivity index (χ1) is 10.6. The van der Waals surface area contributed by atoms with Gasteiger partial charge in [-0.15, -0.1) is 0 Å². The second-order valence-corrected chi connectivity index (χ2v) is 4.86. The van der Waals surface area contributed by atoms with Gasteiger partial charge in [0.1, 0.15) is 11.5 Å². The predicted octanol–water partition coefficient (Wildman–Crippen LogP) is 2.73. The zero-order valence-electron chi connectivity index (χ0n) is 12.7. The van der Waals surface area contributed by atoms with Gasteiger partial charge < -0.3 is 20.5 Å². The van der Waals surface area contributed by atoms with E-state index >= 15 is 0 Å². The lowest BCUT2D eigenvalue weighted by Gasteiger charge is -2.14. The molecule has 0 heterocycles. The fourth-order valence-corrected chi connectivity index (χ4v) is 2.07. The number of para-hydroxylation sites is 3. The lowest BCUT2D eigenvalue weighted by molar-refractivity contribution is -0.118. The van der Waals surface area contributed by atoms with E-state index in [1.165, 1.54) is 0 Å². The highest BCUT2D eigenvalue weighted by atomic mass is 16.5. The molecule has 0 saturated heterocycles. The molecule has 1 atom stereocenters. The number of rotatable bonds is 6. The molecule has 1 amide bonds. The number of methoxy groups -OCH3 is 1. The van der Waals surface area contributed by atoms with Crippen molar-refractivity contribution in [2.45, 2.75) is 13.0 Å².